The molecule has 8 heteroatoms. The first kappa shape index (κ1) is 19.0. The molecule has 2 aromatic heterocycles. The third-order valence-corrected chi connectivity index (χ3v) is 6.42. The van der Waals surface area contributed by atoms with Crippen LogP contribution in [0.2, 0.25) is 5.02 Å². The maximum atomic E-state index is 8.64. The van der Waals surface area contributed by atoms with Crippen LogP contribution < -0.4 is 16.1 Å². The van der Waals surface area contributed by atoms with Crippen LogP contribution in [0.3, 0.4) is 0 Å². The van der Waals surface area contributed by atoms with Crippen molar-refractivity contribution in [2.24, 2.45) is 5.41 Å². The van der Waals surface area contributed by atoms with Crippen LogP contribution in [-0.2, 0) is 4.74 Å². The zero-order valence-corrected chi connectivity index (χ0v) is 16.7. The van der Waals surface area contributed by atoms with Gasteiger partial charge in [0.15, 0.2) is 0 Å². The van der Waals surface area contributed by atoms with Crippen LogP contribution in [0, 0.1) is 16.2 Å². The zero-order valence-electron chi connectivity index (χ0n) is 15.9. The monoisotopic (exact) mass is 400 g/mol. The first-order valence-electron chi connectivity index (χ1n) is 9.52. The quantitative estimate of drug-likeness (QED) is 0.543. The Hall–Kier alpha value is -2.38. The van der Waals surface area contributed by atoms with Crippen molar-refractivity contribution in [1.29, 1.82) is 10.8 Å². The number of pyridine rings is 2. The molecule has 28 heavy (non-hydrogen) atoms. The van der Waals surface area contributed by atoms with Gasteiger partial charge in [-0.1, -0.05) is 11.6 Å². The van der Waals surface area contributed by atoms with E-state index >= 15 is 0 Å². The summed E-state index contributed by atoms with van der Waals surface area (Å²) in [6.07, 6.45) is 6.36. The Morgan fingerprint density at radius 1 is 1.29 bits per heavy atom. The highest BCUT2D eigenvalue weighted by atomic mass is 35.5. The summed E-state index contributed by atoms with van der Waals surface area (Å²) in [6.45, 7) is 4.78. The summed E-state index contributed by atoms with van der Waals surface area (Å²) in [5.74, 6) is 1.09. The van der Waals surface area contributed by atoms with E-state index in [4.69, 9.17) is 32.9 Å². The lowest BCUT2D eigenvalue weighted by molar-refractivity contribution is 0.0975. The van der Waals surface area contributed by atoms with Crippen LogP contribution in [-0.4, -0.2) is 41.7 Å². The minimum absolute atomic E-state index is 0.207. The topological polar surface area (TPSA) is 104 Å². The van der Waals surface area contributed by atoms with Crippen molar-refractivity contribution < 1.29 is 4.74 Å². The largest absolute Gasteiger partial charge is 0.382 e. The van der Waals surface area contributed by atoms with Crippen molar-refractivity contribution >= 4 is 29.6 Å². The highest BCUT2D eigenvalue weighted by molar-refractivity contribution is 6.35. The molecule has 2 aliphatic heterocycles. The second-order valence-electron chi connectivity index (χ2n) is 7.82. The number of hydrogen-bond acceptors (Lipinski definition) is 6. The van der Waals surface area contributed by atoms with E-state index in [1.807, 2.05) is 12.1 Å². The minimum atomic E-state index is 0.207. The molecule has 0 amide bonds. The molecule has 4 heterocycles. The number of anilines is 2. The molecule has 2 aliphatic rings. The Kier molecular flexibility index (Phi) is 4.89. The lowest BCUT2D eigenvalue weighted by atomic mass is 9.77. The molecule has 2 fully saturated rings. The molecule has 0 saturated carbocycles. The number of nitrogens with zero attached hydrogens (tertiary/aromatic N) is 3. The SMILES string of the molecule is C[C@H]1CC2(CCN(c3ccc(-c4ccnc(N)c4Cl)c(=N)n3C=N)CC2)CO1. The van der Waals surface area contributed by atoms with E-state index in [1.54, 1.807) is 16.8 Å². The lowest BCUT2D eigenvalue weighted by Gasteiger charge is -2.40. The number of hydrogen-bond donors (Lipinski definition) is 3. The van der Waals surface area contributed by atoms with Crippen LogP contribution in [0.15, 0.2) is 24.4 Å². The number of rotatable bonds is 3. The average Bonchev–Trinajstić information content (AvgIpc) is 3.05. The fourth-order valence-corrected chi connectivity index (χ4v) is 4.65. The van der Waals surface area contributed by atoms with Crippen LogP contribution >= 0.6 is 11.6 Å². The summed E-state index contributed by atoms with van der Waals surface area (Å²) < 4.78 is 7.41. The molecular weight excluding hydrogens is 376 g/mol. The third-order valence-electron chi connectivity index (χ3n) is 6.02. The first-order valence-corrected chi connectivity index (χ1v) is 9.89. The molecule has 2 aromatic rings. The molecule has 4 N–H and O–H groups in total. The maximum Gasteiger partial charge on any atom is 0.142 e. The standard InChI is InChI=1S/C20H25ClN6O/c1-13-10-20(11-28-13)5-8-26(9-6-20)16-3-2-15(19(24)27(16)12-22)14-4-7-25-18(23)17(14)21/h2-4,7,12-13,22,24H,5-6,8-11H2,1H3,(H2,23,25)/t13-/m0/s1. The molecule has 7 nitrogen and oxygen atoms in total. The van der Waals surface area contributed by atoms with Crippen LogP contribution in [0.5, 0.6) is 0 Å². The molecule has 2 saturated heterocycles. The number of halogens is 1. The van der Waals surface area contributed by atoms with Gasteiger partial charge >= 0.3 is 0 Å². The van der Waals surface area contributed by atoms with Gasteiger partial charge in [0.05, 0.1) is 24.1 Å². The number of nitrogens with one attached hydrogen (secondary N) is 2. The van der Waals surface area contributed by atoms with Crippen molar-refractivity contribution in [3.05, 3.63) is 34.9 Å². The minimum Gasteiger partial charge on any atom is -0.382 e. The van der Waals surface area contributed by atoms with E-state index < -0.39 is 0 Å². The second-order valence-corrected chi connectivity index (χ2v) is 8.20. The number of nitrogen functional groups attached to an aromatic ring is 1. The molecule has 0 bridgehead atoms. The summed E-state index contributed by atoms with van der Waals surface area (Å²) in [4.78, 5) is 6.24. The van der Waals surface area contributed by atoms with Crippen molar-refractivity contribution in [2.75, 3.05) is 30.3 Å². The fraction of sp³-hybridized carbons (Fsp3) is 0.450. The number of ether oxygens (including phenoxy) is 1. The van der Waals surface area contributed by atoms with Gasteiger partial charge in [0.25, 0.3) is 0 Å². The number of nitrogens with two attached hydrogens (primary N) is 1. The summed E-state index contributed by atoms with van der Waals surface area (Å²) in [5.41, 5.74) is 7.59. The van der Waals surface area contributed by atoms with E-state index in [0.29, 0.717) is 22.3 Å². The smallest absolute Gasteiger partial charge is 0.142 e. The van der Waals surface area contributed by atoms with E-state index in [2.05, 4.69) is 16.8 Å². The molecule has 148 valence electrons. The second kappa shape index (κ2) is 7.22. The molecule has 0 radical (unpaired) electrons. The van der Waals surface area contributed by atoms with E-state index in [9.17, 15) is 0 Å². The van der Waals surface area contributed by atoms with Gasteiger partial charge in [-0.15, -0.1) is 0 Å². The Morgan fingerprint density at radius 3 is 2.68 bits per heavy atom. The first-order chi connectivity index (χ1) is 13.4. The molecular formula is C20H25ClN6O. The molecule has 1 atom stereocenters. The predicted octanol–water partition coefficient (Wildman–Crippen LogP) is 3.12. The van der Waals surface area contributed by atoms with Gasteiger partial charge in [0.2, 0.25) is 0 Å². The molecule has 0 aliphatic carbocycles. The lowest BCUT2D eigenvalue weighted by Crippen LogP contribution is -2.43. The Balaban J connectivity index is 1.65. The highest BCUT2D eigenvalue weighted by Gasteiger charge is 2.41. The number of piperidine rings is 1. The highest BCUT2D eigenvalue weighted by Crippen LogP contribution is 2.42. The molecule has 0 unspecified atom stereocenters. The Morgan fingerprint density at radius 2 is 2.04 bits per heavy atom. The summed E-state index contributed by atoms with van der Waals surface area (Å²) in [6, 6.07) is 5.58. The van der Waals surface area contributed by atoms with Crippen LogP contribution in [0.1, 0.15) is 26.2 Å². The third kappa shape index (κ3) is 3.18. The van der Waals surface area contributed by atoms with Crippen LogP contribution in [0.25, 0.3) is 11.1 Å². The average molecular weight is 401 g/mol. The molecule has 4 rings (SSSR count). The van der Waals surface area contributed by atoms with Crippen molar-refractivity contribution in [3.8, 4) is 11.1 Å². The fourth-order valence-electron chi connectivity index (χ4n) is 4.44. The van der Waals surface area contributed by atoms with Gasteiger partial charge in [-0.05, 0) is 49.8 Å². The summed E-state index contributed by atoms with van der Waals surface area (Å²) in [5, 5.41) is 16.9. The van der Waals surface area contributed by atoms with Crippen LogP contribution in [0.4, 0.5) is 11.6 Å². The van der Waals surface area contributed by atoms with E-state index in [0.717, 1.165) is 44.8 Å². The number of aromatic nitrogens is 2. The molecule has 0 aromatic carbocycles. The van der Waals surface area contributed by atoms with Crippen molar-refractivity contribution in [2.45, 2.75) is 32.3 Å². The van der Waals surface area contributed by atoms with E-state index in [1.165, 1.54) is 6.34 Å². The normalized spacial score (nSPS) is 21.2. The van der Waals surface area contributed by atoms with E-state index in [-0.39, 0.29) is 16.7 Å². The van der Waals surface area contributed by atoms with Gasteiger partial charge < -0.3 is 15.4 Å². The van der Waals surface area contributed by atoms with Gasteiger partial charge in [-0.3, -0.25) is 15.4 Å². The summed E-state index contributed by atoms with van der Waals surface area (Å²) in [7, 11) is 0. The zero-order chi connectivity index (χ0) is 19.9. The van der Waals surface area contributed by atoms with Gasteiger partial charge in [0.1, 0.15) is 17.1 Å². The van der Waals surface area contributed by atoms with Crippen molar-refractivity contribution in [1.82, 2.24) is 9.55 Å². The predicted molar refractivity (Wildman–Crippen MR) is 111 cm³/mol. The summed E-state index contributed by atoms with van der Waals surface area (Å²) >= 11 is 6.31. The van der Waals surface area contributed by atoms with Crippen molar-refractivity contribution in [3.63, 3.8) is 0 Å². The Bertz CT molecular complexity index is 964. The maximum absolute atomic E-state index is 8.64. The van der Waals surface area contributed by atoms with Gasteiger partial charge in [0, 0.05) is 30.4 Å². The van der Waals surface area contributed by atoms with Gasteiger partial charge in [-0.2, -0.15) is 0 Å². The van der Waals surface area contributed by atoms with Gasteiger partial charge in [-0.25, -0.2) is 4.98 Å². The molecule has 1 spiro atoms. The Labute approximate surface area is 169 Å².